The summed E-state index contributed by atoms with van der Waals surface area (Å²) >= 11 is 7.80. The molecule has 0 N–H and O–H groups in total. The van der Waals surface area contributed by atoms with E-state index in [1.807, 2.05) is 23.9 Å². The molecular weight excluding hydrogens is 226 g/mol. The summed E-state index contributed by atoms with van der Waals surface area (Å²) in [5.41, 5.74) is 1.36. The molecular formula is C12H18ClNS. The number of hydrogen-bond acceptors (Lipinski definition) is 2. The summed E-state index contributed by atoms with van der Waals surface area (Å²) in [4.78, 5) is 2.23. The summed E-state index contributed by atoms with van der Waals surface area (Å²) in [6.07, 6.45) is 1.26. The monoisotopic (exact) mass is 243 g/mol. The van der Waals surface area contributed by atoms with Gasteiger partial charge in [0.25, 0.3) is 0 Å². The molecule has 1 aromatic carbocycles. The van der Waals surface area contributed by atoms with Crippen LogP contribution in [0.3, 0.4) is 0 Å². The average molecular weight is 244 g/mol. The van der Waals surface area contributed by atoms with Gasteiger partial charge in [0.05, 0.1) is 0 Å². The van der Waals surface area contributed by atoms with Crippen LogP contribution in [-0.4, -0.2) is 31.3 Å². The molecule has 0 fully saturated rings. The molecule has 0 radical (unpaired) electrons. The van der Waals surface area contributed by atoms with E-state index >= 15 is 0 Å². The van der Waals surface area contributed by atoms with Crippen LogP contribution >= 0.6 is 23.4 Å². The van der Waals surface area contributed by atoms with Gasteiger partial charge < -0.3 is 4.90 Å². The maximum atomic E-state index is 5.82. The van der Waals surface area contributed by atoms with Crippen LogP contribution in [0.25, 0.3) is 0 Å². The minimum absolute atomic E-state index is 0.816. The smallest absolute Gasteiger partial charge is 0.0406 e. The van der Waals surface area contributed by atoms with Gasteiger partial charge in [-0.1, -0.05) is 23.7 Å². The molecule has 84 valence electrons. The Hall–Kier alpha value is -0.180. The molecule has 0 amide bonds. The molecule has 0 bridgehead atoms. The van der Waals surface area contributed by atoms with Crippen molar-refractivity contribution in [1.29, 1.82) is 0 Å². The number of hydrogen-bond donors (Lipinski definition) is 0. The van der Waals surface area contributed by atoms with Gasteiger partial charge in [0.1, 0.15) is 0 Å². The van der Waals surface area contributed by atoms with E-state index < -0.39 is 0 Å². The van der Waals surface area contributed by atoms with E-state index in [9.17, 15) is 0 Å². The van der Waals surface area contributed by atoms with Crippen LogP contribution in [0.2, 0.25) is 5.02 Å². The van der Waals surface area contributed by atoms with Crippen molar-refractivity contribution in [3.63, 3.8) is 0 Å². The summed E-state index contributed by atoms with van der Waals surface area (Å²) in [6.45, 7) is 1.17. The molecule has 0 saturated carbocycles. The Morgan fingerprint density at radius 2 is 1.87 bits per heavy atom. The number of rotatable bonds is 6. The van der Waals surface area contributed by atoms with Crippen molar-refractivity contribution in [3.8, 4) is 0 Å². The molecule has 0 aliphatic carbocycles. The Labute approximate surface area is 102 Å². The molecule has 1 aromatic rings. The van der Waals surface area contributed by atoms with Crippen molar-refractivity contribution < 1.29 is 0 Å². The lowest BCUT2D eigenvalue weighted by molar-refractivity contribution is 0.410. The summed E-state index contributed by atoms with van der Waals surface area (Å²) in [5.74, 6) is 2.31. The molecule has 0 atom stereocenters. The quantitative estimate of drug-likeness (QED) is 0.704. The van der Waals surface area contributed by atoms with Crippen LogP contribution in [0.1, 0.15) is 12.0 Å². The van der Waals surface area contributed by atoms with Gasteiger partial charge in [-0.15, -0.1) is 0 Å². The Kier molecular flexibility index (Phi) is 6.15. The number of halogens is 1. The molecule has 0 aliphatic rings. The Morgan fingerprint density at radius 3 is 2.47 bits per heavy atom. The third-order valence-corrected chi connectivity index (χ3v) is 3.44. The van der Waals surface area contributed by atoms with Crippen molar-refractivity contribution in [1.82, 2.24) is 4.90 Å². The molecule has 0 saturated heterocycles. The van der Waals surface area contributed by atoms with Crippen LogP contribution in [0, 0.1) is 0 Å². The van der Waals surface area contributed by atoms with Crippen LogP contribution in [0.5, 0.6) is 0 Å². The highest BCUT2D eigenvalue weighted by atomic mass is 35.5. The minimum Gasteiger partial charge on any atom is -0.309 e. The van der Waals surface area contributed by atoms with E-state index in [2.05, 4.69) is 31.1 Å². The fraction of sp³-hybridized carbons (Fsp3) is 0.500. The van der Waals surface area contributed by atoms with Gasteiger partial charge in [-0.3, -0.25) is 0 Å². The average Bonchev–Trinajstić information content (AvgIpc) is 2.20. The molecule has 1 rings (SSSR count). The highest BCUT2D eigenvalue weighted by molar-refractivity contribution is 7.98. The molecule has 0 spiro atoms. The summed E-state index contributed by atoms with van der Waals surface area (Å²) < 4.78 is 0. The summed E-state index contributed by atoms with van der Waals surface area (Å²) in [6, 6.07) is 8.11. The standard InChI is InChI=1S/C12H18ClNS/c1-14(2)8-3-9-15-10-11-4-6-12(13)7-5-11/h4-7H,3,8-10H2,1-2H3. The number of thioether (sulfide) groups is 1. The van der Waals surface area contributed by atoms with Gasteiger partial charge in [-0.25, -0.2) is 0 Å². The van der Waals surface area contributed by atoms with Crippen LogP contribution in [-0.2, 0) is 5.75 Å². The third-order valence-electron chi connectivity index (χ3n) is 2.08. The van der Waals surface area contributed by atoms with E-state index in [-0.39, 0.29) is 0 Å². The second-order valence-electron chi connectivity index (χ2n) is 3.84. The zero-order valence-corrected chi connectivity index (χ0v) is 10.9. The van der Waals surface area contributed by atoms with E-state index in [0.717, 1.165) is 10.8 Å². The van der Waals surface area contributed by atoms with Crippen molar-refractivity contribution in [2.24, 2.45) is 0 Å². The first kappa shape index (κ1) is 12.9. The highest BCUT2D eigenvalue weighted by Gasteiger charge is 1.95. The van der Waals surface area contributed by atoms with Gasteiger partial charge in [-0.2, -0.15) is 11.8 Å². The predicted octanol–water partition coefficient (Wildman–Crippen LogP) is 3.52. The van der Waals surface area contributed by atoms with E-state index in [0.29, 0.717) is 0 Å². The maximum absolute atomic E-state index is 5.82. The first-order chi connectivity index (χ1) is 7.18. The number of benzene rings is 1. The second kappa shape index (κ2) is 7.15. The van der Waals surface area contributed by atoms with Crippen molar-refractivity contribution in [2.75, 3.05) is 26.4 Å². The maximum Gasteiger partial charge on any atom is 0.0406 e. The fourth-order valence-corrected chi connectivity index (χ4v) is 2.29. The second-order valence-corrected chi connectivity index (χ2v) is 5.38. The summed E-state index contributed by atoms with van der Waals surface area (Å²) in [5, 5.41) is 0.816. The molecule has 0 unspecified atom stereocenters. The lowest BCUT2D eigenvalue weighted by Gasteiger charge is -2.08. The van der Waals surface area contributed by atoms with Gasteiger partial charge in [0.2, 0.25) is 0 Å². The first-order valence-electron chi connectivity index (χ1n) is 5.15. The fourth-order valence-electron chi connectivity index (χ4n) is 1.25. The highest BCUT2D eigenvalue weighted by Crippen LogP contribution is 2.15. The van der Waals surface area contributed by atoms with E-state index in [1.165, 1.54) is 24.3 Å². The van der Waals surface area contributed by atoms with Crippen molar-refractivity contribution in [2.45, 2.75) is 12.2 Å². The summed E-state index contributed by atoms with van der Waals surface area (Å²) in [7, 11) is 4.23. The lowest BCUT2D eigenvalue weighted by Crippen LogP contribution is -2.13. The zero-order valence-electron chi connectivity index (χ0n) is 9.37. The van der Waals surface area contributed by atoms with Crippen molar-refractivity contribution >= 4 is 23.4 Å². The first-order valence-corrected chi connectivity index (χ1v) is 6.68. The lowest BCUT2D eigenvalue weighted by atomic mass is 10.2. The van der Waals surface area contributed by atoms with Gasteiger partial charge in [0.15, 0.2) is 0 Å². The Balaban J connectivity index is 2.12. The van der Waals surface area contributed by atoms with Crippen LogP contribution in [0.4, 0.5) is 0 Å². The van der Waals surface area contributed by atoms with Crippen LogP contribution in [0.15, 0.2) is 24.3 Å². The zero-order chi connectivity index (χ0) is 11.1. The Bertz CT molecular complexity index is 271. The normalized spacial score (nSPS) is 10.9. The van der Waals surface area contributed by atoms with E-state index in [1.54, 1.807) is 0 Å². The largest absolute Gasteiger partial charge is 0.309 e. The molecule has 3 heteroatoms. The minimum atomic E-state index is 0.816. The van der Waals surface area contributed by atoms with Crippen molar-refractivity contribution in [3.05, 3.63) is 34.9 Å². The topological polar surface area (TPSA) is 3.24 Å². The van der Waals surface area contributed by atoms with Crippen LogP contribution < -0.4 is 0 Å². The molecule has 0 heterocycles. The SMILES string of the molecule is CN(C)CCCSCc1ccc(Cl)cc1. The number of nitrogens with zero attached hydrogens (tertiary/aromatic N) is 1. The predicted molar refractivity (Wildman–Crippen MR) is 70.8 cm³/mol. The van der Waals surface area contributed by atoms with Gasteiger partial charge in [0, 0.05) is 10.8 Å². The molecule has 1 nitrogen and oxygen atoms in total. The Morgan fingerprint density at radius 1 is 1.20 bits per heavy atom. The van der Waals surface area contributed by atoms with Gasteiger partial charge >= 0.3 is 0 Å². The molecule has 15 heavy (non-hydrogen) atoms. The molecule has 0 aliphatic heterocycles. The van der Waals surface area contributed by atoms with E-state index in [4.69, 9.17) is 11.6 Å². The molecule has 0 aromatic heterocycles. The van der Waals surface area contributed by atoms with Gasteiger partial charge in [-0.05, 0) is 50.5 Å². The third kappa shape index (κ3) is 6.08.